The molecule has 1 saturated carbocycles. The van der Waals surface area contributed by atoms with Gasteiger partial charge >= 0.3 is 0 Å². The zero-order valence-electron chi connectivity index (χ0n) is 10.2. The van der Waals surface area contributed by atoms with Gasteiger partial charge in [0.15, 0.2) is 4.21 Å². The first kappa shape index (κ1) is 15.8. The molecule has 0 atom stereocenters. The molecule has 0 aliphatic heterocycles. The normalized spacial score (nSPS) is 18.6. The fraction of sp³-hybridized carbons (Fsp3) is 0.700. The molecule has 18 heavy (non-hydrogen) atoms. The molecule has 1 aromatic heterocycles. The van der Waals surface area contributed by atoms with Gasteiger partial charge in [-0.15, -0.1) is 23.7 Å². The number of hydrogen-bond acceptors (Lipinski definition) is 5. The molecule has 0 unspecified atom stereocenters. The molecule has 1 fully saturated rings. The van der Waals surface area contributed by atoms with Crippen molar-refractivity contribution in [2.45, 2.75) is 42.4 Å². The van der Waals surface area contributed by atoms with E-state index in [1.807, 2.05) is 0 Å². The lowest BCUT2D eigenvalue weighted by Gasteiger charge is -2.27. The van der Waals surface area contributed by atoms with E-state index in [-0.39, 0.29) is 16.6 Å². The van der Waals surface area contributed by atoms with Crippen molar-refractivity contribution in [3.63, 3.8) is 0 Å². The van der Waals surface area contributed by atoms with Crippen LogP contribution in [0.15, 0.2) is 10.4 Å². The second-order valence-electron chi connectivity index (χ2n) is 4.50. The van der Waals surface area contributed by atoms with E-state index >= 15 is 0 Å². The van der Waals surface area contributed by atoms with Gasteiger partial charge in [0.05, 0.1) is 11.2 Å². The Morgan fingerprint density at radius 3 is 2.56 bits per heavy atom. The Labute approximate surface area is 118 Å². The van der Waals surface area contributed by atoms with Gasteiger partial charge < -0.3 is 5.73 Å². The van der Waals surface area contributed by atoms with Crippen LogP contribution in [-0.4, -0.2) is 25.5 Å². The van der Waals surface area contributed by atoms with Crippen molar-refractivity contribution in [2.75, 3.05) is 6.54 Å². The van der Waals surface area contributed by atoms with Crippen LogP contribution in [0.3, 0.4) is 0 Å². The first-order valence-electron chi connectivity index (χ1n) is 5.64. The fourth-order valence-electron chi connectivity index (χ4n) is 2.20. The number of sulfonamides is 1. The third kappa shape index (κ3) is 3.21. The number of rotatable bonds is 4. The van der Waals surface area contributed by atoms with Crippen molar-refractivity contribution in [3.8, 4) is 0 Å². The van der Waals surface area contributed by atoms with Crippen LogP contribution in [0, 0.1) is 6.92 Å². The Bertz CT molecular complexity index is 495. The minimum absolute atomic E-state index is 0. The number of aryl methyl sites for hydroxylation is 1. The van der Waals surface area contributed by atoms with Crippen LogP contribution in [0.5, 0.6) is 0 Å². The largest absolute Gasteiger partial charge is 0.329 e. The van der Waals surface area contributed by atoms with Gasteiger partial charge in [0.25, 0.3) is 10.0 Å². The smallest absolute Gasteiger partial charge is 0.252 e. The molecule has 0 radical (unpaired) electrons. The van der Waals surface area contributed by atoms with Crippen LogP contribution >= 0.6 is 23.7 Å². The van der Waals surface area contributed by atoms with Gasteiger partial charge in [0.1, 0.15) is 0 Å². The molecule has 104 valence electrons. The van der Waals surface area contributed by atoms with Crippen molar-refractivity contribution < 1.29 is 8.42 Å². The molecule has 3 N–H and O–H groups in total. The molecule has 2 rings (SSSR count). The topological polar surface area (TPSA) is 85.1 Å². The Hall–Kier alpha value is -0.210. The van der Waals surface area contributed by atoms with Gasteiger partial charge in [0, 0.05) is 12.1 Å². The van der Waals surface area contributed by atoms with Crippen molar-refractivity contribution in [3.05, 3.63) is 11.2 Å². The van der Waals surface area contributed by atoms with Crippen molar-refractivity contribution in [1.29, 1.82) is 0 Å². The monoisotopic (exact) mass is 311 g/mol. The van der Waals surface area contributed by atoms with Crippen LogP contribution in [0.1, 0.15) is 30.7 Å². The molecule has 5 nitrogen and oxygen atoms in total. The van der Waals surface area contributed by atoms with Crippen molar-refractivity contribution >= 4 is 33.8 Å². The van der Waals surface area contributed by atoms with Crippen LogP contribution < -0.4 is 10.5 Å². The second kappa shape index (κ2) is 5.83. The summed E-state index contributed by atoms with van der Waals surface area (Å²) in [5.41, 5.74) is 5.27. The lowest BCUT2D eigenvalue weighted by atomic mass is 10.0. The SMILES string of the molecule is Cc1ncc(S(=O)(=O)NC2(CN)CCCC2)s1.Cl. The highest BCUT2D eigenvalue weighted by molar-refractivity contribution is 7.91. The number of nitrogens with zero attached hydrogens (tertiary/aromatic N) is 1. The molecule has 1 aliphatic rings. The summed E-state index contributed by atoms with van der Waals surface area (Å²) in [5, 5.41) is 0.749. The number of hydrogen-bond donors (Lipinski definition) is 2. The predicted molar refractivity (Wildman–Crippen MR) is 74.7 cm³/mol. The molecule has 0 spiro atoms. The number of nitrogens with one attached hydrogen (secondary N) is 1. The number of halogens is 1. The summed E-state index contributed by atoms with van der Waals surface area (Å²) in [5.74, 6) is 0. The van der Waals surface area contributed by atoms with E-state index in [1.165, 1.54) is 17.5 Å². The van der Waals surface area contributed by atoms with E-state index in [0.29, 0.717) is 6.54 Å². The molecule has 0 amide bonds. The molecule has 0 aromatic carbocycles. The maximum absolute atomic E-state index is 12.2. The van der Waals surface area contributed by atoms with Gasteiger partial charge in [-0.1, -0.05) is 12.8 Å². The molecular weight excluding hydrogens is 294 g/mol. The standard InChI is InChI=1S/C10H17N3O2S2.ClH/c1-8-12-6-9(16-8)17(14,15)13-10(7-11)4-2-3-5-10;/h6,13H,2-5,7,11H2,1H3;1H. The first-order valence-corrected chi connectivity index (χ1v) is 7.94. The highest BCUT2D eigenvalue weighted by atomic mass is 35.5. The molecule has 1 aliphatic carbocycles. The summed E-state index contributed by atoms with van der Waals surface area (Å²) in [4.78, 5) is 3.97. The van der Waals surface area contributed by atoms with E-state index in [1.54, 1.807) is 6.92 Å². The van der Waals surface area contributed by atoms with Crippen LogP contribution in [0.25, 0.3) is 0 Å². The lowest BCUT2D eigenvalue weighted by Crippen LogP contribution is -2.51. The Kier molecular flexibility index (Phi) is 5.13. The molecule has 8 heteroatoms. The first-order chi connectivity index (χ1) is 7.97. The van der Waals surface area contributed by atoms with Crippen LogP contribution in [0.2, 0.25) is 0 Å². The molecule has 0 bridgehead atoms. The summed E-state index contributed by atoms with van der Waals surface area (Å²) in [6.45, 7) is 2.14. The van der Waals surface area contributed by atoms with Gasteiger partial charge in [-0.05, 0) is 19.8 Å². The summed E-state index contributed by atoms with van der Waals surface area (Å²) in [6, 6.07) is 0. The highest BCUT2D eigenvalue weighted by Crippen LogP contribution is 2.31. The molecule has 0 saturated heterocycles. The van der Waals surface area contributed by atoms with E-state index in [9.17, 15) is 8.42 Å². The number of aromatic nitrogens is 1. The number of thiazole rings is 1. The van der Waals surface area contributed by atoms with Crippen molar-refractivity contribution in [1.82, 2.24) is 9.71 Å². The maximum atomic E-state index is 12.2. The molecular formula is C10H18ClN3O2S2. The average Bonchev–Trinajstić information content (AvgIpc) is 2.87. The summed E-state index contributed by atoms with van der Waals surface area (Å²) in [7, 11) is -3.47. The zero-order valence-corrected chi connectivity index (χ0v) is 12.6. The van der Waals surface area contributed by atoms with Gasteiger partial charge in [-0.2, -0.15) is 0 Å². The third-order valence-corrected chi connectivity index (χ3v) is 6.12. The molecule has 1 heterocycles. The quantitative estimate of drug-likeness (QED) is 0.880. The van der Waals surface area contributed by atoms with E-state index in [0.717, 1.165) is 30.7 Å². The fourth-order valence-corrected chi connectivity index (χ4v) is 4.78. The molecule has 1 aromatic rings. The van der Waals surface area contributed by atoms with E-state index < -0.39 is 15.6 Å². The zero-order chi connectivity index (χ0) is 12.5. The predicted octanol–water partition coefficient (Wildman–Crippen LogP) is 1.42. The summed E-state index contributed by atoms with van der Waals surface area (Å²) in [6.07, 6.45) is 5.10. The Balaban J connectivity index is 0.00000162. The van der Waals surface area contributed by atoms with Crippen LogP contribution in [-0.2, 0) is 10.0 Å². The maximum Gasteiger partial charge on any atom is 0.252 e. The minimum atomic E-state index is -3.47. The van der Waals surface area contributed by atoms with Crippen LogP contribution in [0.4, 0.5) is 0 Å². The van der Waals surface area contributed by atoms with Gasteiger partial charge in [-0.3, -0.25) is 0 Å². The lowest BCUT2D eigenvalue weighted by molar-refractivity contribution is 0.400. The Morgan fingerprint density at radius 1 is 1.50 bits per heavy atom. The second-order valence-corrected chi connectivity index (χ2v) is 7.64. The van der Waals surface area contributed by atoms with E-state index in [4.69, 9.17) is 5.73 Å². The van der Waals surface area contributed by atoms with Crippen molar-refractivity contribution in [2.24, 2.45) is 5.73 Å². The number of nitrogens with two attached hydrogens (primary N) is 1. The minimum Gasteiger partial charge on any atom is -0.329 e. The van der Waals surface area contributed by atoms with E-state index in [2.05, 4.69) is 9.71 Å². The van der Waals surface area contributed by atoms with Gasteiger partial charge in [0.2, 0.25) is 0 Å². The average molecular weight is 312 g/mol. The third-order valence-electron chi connectivity index (χ3n) is 3.17. The Morgan fingerprint density at radius 2 is 2.11 bits per heavy atom. The summed E-state index contributed by atoms with van der Waals surface area (Å²) < 4.78 is 27.4. The summed E-state index contributed by atoms with van der Waals surface area (Å²) >= 11 is 1.18. The van der Waals surface area contributed by atoms with Gasteiger partial charge in [-0.25, -0.2) is 18.1 Å². The highest BCUT2D eigenvalue weighted by Gasteiger charge is 2.37.